The summed E-state index contributed by atoms with van der Waals surface area (Å²) in [6.07, 6.45) is -4.66. The molecule has 4 aromatic rings. The lowest BCUT2D eigenvalue weighted by Gasteiger charge is -2.13. The molecule has 0 saturated carbocycles. The van der Waals surface area contributed by atoms with Gasteiger partial charge in [-0.15, -0.1) is 11.3 Å². The van der Waals surface area contributed by atoms with E-state index >= 15 is 0 Å². The first-order valence-electron chi connectivity index (χ1n) is 9.27. The predicted octanol–water partition coefficient (Wildman–Crippen LogP) is 8.54. The van der Waals surface area contributed by atoms with Crippen LogP contribution in [-0.2, 0) is 16.2 Å². The number of thiazole rings is 1. The number of nitrogens with one attached hydrogen (secondary N) is 1. The molecule has 1 N–H and O–H groups in total. The molecule has 0 aliphatic carbocycles. The number of fused-ring (bicyclic) bond motifs is 1. The summed E-state index contributed by atoms with van der Waals surface area (Å²) in [4.78, 5) is 4.53. The lowest BCUT2D eigenvalue weighted by Crippen LogP contribution is -2.14. The van der Waals surface area contributed by atoms with Gasteiger partial charge in [0.15, 0.2) is 4.34 Å². The van der Waals surface area contributed by atoms with Crippen LogP contribution in [0, 0.1) is 6.92 Å². The molecule has 0 aliphatic heterocycles. The normalized spacial score (nSPS) is 12.3. The van der Waals surface area contributed by atoms with Crippen LogP contribution >= 0.6 is 57.9 Å². The number of hydrogen-bond donors (Lipinski definition) is 1. The number of hydrogen-bond acceptors (Lipinski definition) is 5. The van der Waals surface area contributed by atoms with Crippen molar-refractivity contribution in [2.45, 2.75) is 27.2 Å². The van der Waals surface area contributed by atoms with Crippen molar-refractivity contribution in [1.82, 2.24) is 4.98 Å². The van der Waals surface area contributed by atoms with E-state index in [1.807, 2.05) is 25.1 Å². The van der Waals surface area contributed by atoms with Crippen LogP contribution in [0.1, 0.15) is 11.1 Å². The van der Waals surface area contributed by atoms with E-state index in [-0.39, 0.29) is 15.7 Å². The molecule has 4 nitrogen and oxygen atoms in total. The molecule has 0 saturated heterocycles. The van der Waals surface area contributed by atoms with Gasteiger partial charge in [0.25, 0.3) is 10.0 Å². The molecule has 0 amide bonds. The van der Waals surface area contributed by atoms with E-state index in [9.17, 15) is 21.6 Å². The van der Waals surface area contributed by atoms with Crippen molar-refractivity contribution in [3.05, 3.63) is 74.7 Å². The van der Waals surface area contributed by atoms with Crippen molar-refractivity contribution < 1.29 is 21.6 Å². The summed E-state index contributed by atoms with van der Waals surface area (Å²) in [5, 5.41) is -0.230. The number of aryl methyl sites for hydroxylation is 1. The van der Waals surface area contributed by atoms with Crippen LogP contribution in [0.25, 0.3) is 10.2 Å². The summed E-state index contributed by atoms with van der Waals surface area (Å²) in [7, 11) is -4.32. The van der Waals surface area contributed by atoms with Crippen molar-refractivity contribution >= 4 is 83.8 Å². The molecule has 0 fully saturated rings. The van der Waals surface area contributed by atoms with E-state index in [1.165, 1.54) is 35.2 Å². The number of benzene rings is 3. The molecule has 0 atom stereocenters. The molecule has 0 radical (unpaired) electrons. The van der Waals surface area contributed by atoms with E-state index in [0.717, 1.165) is 21.8 Å². The second kappa shape index (κ2) is 9.40. The van der Waals surface area contributed by atoms with Crippen LogP contribution in [0.4, 0.5) is 18.9 Å². The average molecular weight is 584 g/mol. The summed E-state index contributed by atoms with van der Waals surface area (Å²) in [6, 6.07) is 10.6. The topological polar surface area (TPSA) is 59.1 Å². The molecule has 0 aliphatic rings. The van der Waals surface area contributed by atoms with E-state index in [4.69, 9.17) is 34.8 Å². The van der Waals surface area contributed by atoms with Crippen LogP contribution in [0.5, 0.6) is 0 Å². The average Bonchev–Trinajstić information content (AvgIpc) is 3.11. The molecule has 1 heterocycles. The second-order valence-electron chi connectivity index (χ2n) is 7.07. The van der Waals surface area contributed by atoms with E-state index < -0.39 is 31.7 Å². The Morgan fingerprint density at radius 3 is 2.26 bits per heavy atom. The summed E-state index contributed by atoms with van der Waals surface area (Å²) < 4.78 is 68.0. The highest BCUT2D eigenvalue weighted by molar-refractivity contribution is 8.01. The van der Waals surface area contributed by atoms with Gasteiger partial charge < -0.3 is 0 Å². The first-order chi connectivity index (χ1) is 15.8. The standard InChI is InChI=1S/C21H12Cl3F3N2O2S3/c1-10-2-4-17-16(6-10)28-20(32-17)33-19-14(23)8-12(9-15(19)24)29-34(30,31)18-5-3-11(7-13(18)22)21(25,26)27/h2-9,29H,1H3. The Kier molecular flexibility index (Phi) is 7.03. The summed E-state index contributed by atoms with van der Waals surface area (Å²) in [6.45, 7) is 1.97. The summed E-state index contributed by atoms with van der Waals surface area (Å²) >= 11 is 21.3. The monoisotopic (exact) mass is 582 g/mol. The van der Waals surface area contributed by atoms with Gasteiger partial charge >= 0.3 is 6.18 Å². The fourth-order valence-corrected chi connectivity index (χ4v) is 7.27. The number of sulfonamides is 1. The number of rotatable bonds is 5. The Morgan fingerprint density at radius 2 is 1.65 bits per heavy atom. The minimum Gasteiger partial charge on any atom is -0.279 e. The molecule has 0 unspecified atom stereocenters. The molecule has 1 aromatic heterocycles. The van der Waals surface area contributed by atoms with Gasteiger partial charge in [-0.2, -0.15) is 13.2 Å². The zero-order valence-corrected chi connectivity index (χ0v) is 21.6. The lowest BCUT2D eigenvalue weighted by molar-refractivity contribution is -0.137. The molecule has 13 heteroatoms. The van der Waals surface area contributed by atoms with Crippen LogP contribution < -0.4 is 4.72 Å². The third-order valence-electron chi connectivity index (χ3n) is 4.51. The maximum atomic E-state index is 12.8. The van der Waals surface area contributed by atoms with Crippen LogP contribution in [0.2, 0.25) is 15.1 Å². The zero-order valence-electron chi connectivity index (χ0n) is 16.9. The summed E-state index contributed by atoms with van der Waals surface area (Å²) in [5.74, 6) is 0. The number of halogens is 6. The van der Waals surface area contributed by atoms with E-state index in [2.05, 4.69) is 9.71 Å². The van der Waals surface area contributed by atoms with E-state index in [1.54, 1.807) is 0 Å². The zero-order chi connectivity index (χ0) is 24.8. The van der Waals surface area contributed by atoms with Gasteiger partial charge in [0, 0.05) is 0 Å². The van der Waals surface area contributed by atoms with Gasteiger partial charge in [-0.3, -0.25) is 4.72 Å². The predicted molar refractivity (Wildman–Crippen MR) is 132 cm³/mol. The highest BCUT2D eigenvalue weighted by Crippen LogP contribution is 2.43. The largest absolute Gasteiger partial charge is 0.416 e. The van der Waals surface area contributed by atoms with Gasteiger partial charge in [-0.1, -0.05) is 52.6 Å². The first kappa shape index (κ1) is 25.4. The highest BCUT2D eigenvalue weighted by Gasteiger charge is 2.32. The van der Waals surface area contributed by atoms with Gasteiger partial charge in [0.2, 0.25) is 0 Å². The molecule has 178 valence electrons. The molecule has 4 rings (SSSR count). The third kappa shape index (κ3) is 5.42. The minimum absolute atomic E-state index is 0.0234. The smallest absolute Gasteiger partial charge is 0.279 e. The maximum absolute atomic E-state index is 12.8. The highest BCUT2D eigenvalue weighted by atomic mass is 35.5. The first-order valence-corrected chi connectivity index (χ1v) is 13.5. The van der Waals surface area contributed by atoms with Crippen LogP contribution in [0.15, 0.2) is 62.7 Å². The Bertz CT molecular complexity index is 1500. The fourth-order valence-electron chi connectivity index (χ4n) is 2.97. The quantitative estimate of drug-likeness (QED) is 0.256. The fraction of sp³-hybridized carbons (Fsp3) is 0.0952. The number of aromatic nitrogens is 1. The molecule has 3 aromatic carbocycles. The molecular formula is C21H12Cl3F3N2O2S3. The van der Waals surface area contributed by atoms with Crippen molar-refractivity contribution in [3.8, 4) is 0 Å². The third-order valence-corrected chi connectivity index (χ3v) is 9.44. The van der Waals surface area contributed by atoms with Crippen molar-refractivity contribution in [3.63, 3.8) is 0 Å². The minimum atomic E-state index is -4.66. The Morgan fingerprint density at radius 1 is 0.971 bits per heavy atom. The van der Waals surface area contributed by atoms with Gasteiger partial charge in [0.1, 0.15) is 4.90 Å². The number of alkyl halides is 3. The van der Waals surface area contributed by atoms with Gasteiger partial charge in [0.05, 0.1) is 41.4 Å². The number of nitrogens with zero attached hydrogens (tertiary/aromatic N) is 1. The lowest BCUT2D eigenvalue weighted by atomic mass is 10.2. The molecule has 0 spiro atoms. The van der Waals surface area contributed by atoms with Crippen molar-refractivity contribution in [2.24, 2.45) is 0 Å². The SMILES string of the molecule is Cc1ccc2sc(Sc3c(Cl)cc(NS(=O)(=O)c4ccc(C(F)(F)F)cc4Cl)cc3Cl)nc2c1. The van der Waals surface area contributed by atoms with Crippen LogP contribution in [0.3, 0.4) is 0 Å². The Hall–Kier alpha value is -1.69. The van der Waals surface area contributed by atoms with Crippen molar-refractivity contribution in [2.75, 3.05) is 4.72 Å². The van der Waals surface area contributed by atoms with Crippen molar-refractivity contribution in [1.29, 1.82) is 0 Å². The van der Waals surface area contributed by atoms with E-state index in [0.29, 0.717) is 21.4 Å². The second-order valence-corrected chi connectivity index (χ2v) is 12.2. The molecule has 0 bridgehead atoms. The maximum Gasteiger partial charge on any atom is 0.416 e. The Balaban J connectivity index is 1.60. The van der Waals surface area contributed by atoms with Gasteiger partial charge in [-0.25, -0.2) is 13.4 Å². The van der Waals surface area contributed by atoms with Gasteiger partial charge in [-0.05, 0) is 55.0 Å². The van der Waals surface area contributed by atoms with Crippen LogP contribution in [-0.4, -0.2) is 13.4 Å². The molecule has 34 heavy (non-hydrogen) atoms. The number of anilines is 1. The summed E-state index contributed by atoms with van der Waals surface area (Å²) in [5.41, 5.74) is 0.886. The Labute approximate surface area is 216 Å². The molecular weight excluding hydrogens is 572 g/mol.